The van der Waals surface area contributed by atoms with E-state index in [4.69, 9.17) is 4.74 Å². The Kier molecular flexibility index (Phi) is 18.5. The highest BCUT2D eigenvalue weighted by molar-refractivity contribution is 5.69. The highest BCUT2D eigenvalue weighted by atomic mass is 79.9. The Morgan fingerprint density at radius 3 is 2.07 bits per heavy atom. The minimum Gasteiger partial charge on any atom is -1.00 e. The van der Waals surface area contributed by atoms with Gasteiger partial charge in [-0.25, -0.2) is 9.13 Å². The van der Waals surface area contributed by atoms with E-state index in [1.165, 1.54) is 70.6 Å². The van der Waals surface area contributed by atoms with Crippen molar-refractivity contribution in [1.29, 1.82) is 0 Å². The molecule has 1 heterocycles. The van der Waals surface area contributed by atoms with Crippen molar-refractivity contribution in [2.45, 2.75) is 104 Å². The van der Waals surface area contributed by atoms with Gasteiger partial charge < -0.3 is 21.7 Å². The molecule has 4 nitrogen and oxygen atoms in total. The first-order valence-electron chi connectivity index (χ1n) is 11.0. The van der Waals surface area contributed by atoms with E-state index < -0.39 is 0 Å². The fraction of sp³-hybridized carbons (Fsp3) is 0.739. The number of esters is 1. The Bertz CT molecular complexity index is 514. The predicted molar refractivity (Wildman–Crippen MR) is 111 cm³/mol. The maximum absolute atomic E-state index is 11.7. The number of carbonyl (C=O) groups excluding carboxylic acids is 1. The second kappa shape index (κ2) is 19.2. The first-order chi connectivity index (χ1) is 13.2. The van der Waals surface area contributed by atoms with Crippen LogP contribution in [-0.2, 0) is 23.3 Å². The largest absolute Gasteiger partial charge is 1.00 e. The second-order valence-electron chi connectivity index (χ2n) is 7.57. The van der Waals surface area contributed by atoms with Crippen LogP contribution in [0.15, 0.2) is 30.9 Å². The van der Waals surface area contributed by atoms with Gasteiger partial charge in [0, 0.05) is 6.42 Å². The molecule has 0 radical (unpaired) electrons. The van der Waals surface area contributed by atoms with Crippen LogP contribution in [0.4, 0.5) is 0 Å². The normalized spacial score (nSPS) is 10.9. The van der Waals surface area contributed by atoms with Crippen molar-refractivity contribution in [2.24, 2.45) is 7.05 Å². The zero-order valence-corrected chi connectivity index (χ0v) is 19.7. The van der Waals surface area contributed by atoms with Crippen LogP contribution >= 0.6 is 0 Å². The van der Waals surface area contributed by atoms with Crippen molar-refractivity contribution in [3.8, 4) is 0 Å². The quantitative estimate of drug-likeness (QED) is 0.156. The minimum atomic E-state index is -0.0935. The van der Waals surface area contributed by atoms with E-state index >= 15 is 0 Å². The van der Waals surface area contributed by atoms with E-state index in [9.17, 15) is 4.79 Å². The molecular weight excluding hydrogens is 416 g/mol. The molecule has 0 saturated heterocycles. The fourth-order valence-corrected chi connectivity index (χ4v) is 3.14. The van der Waals surface area contributed by atoms with Gasteiger partial charge >= 0.3 is 5.97 Å². The lowest BCUT2D eigenvalue weighted by Gasteiger charge is -2.02. The number of hydrogen-bond donors (Lipinski definition) is 0. The van der Waals surface area contributed by atoms with E-state index in [2.05, 4.69) is 19.1 Å². The molecule has 0 N–H and O–H groups in total. The maximum atomic E-state index is 11.7. The first-order valence-corrected chi connectivity index (χ1v) is 11.0. The number of carbonyl (C=O) groups is 1. The third kappa shape index (κ3) is 15.9. The summed E-state index contributed by atoms with van der Waals surface area (Å²) in [4.78, 5) is 11.7. The summed E-state index contributed by atoms with van der Waals surface area (Å²) in [6.45, 7) is 2.58. The summed E-state index contributed by atoms with van der Waals surface area (Å²) in [5, 5.41) is 0. The van der Waals surface area contributed by atoms with Crippen molar-refractivity contribution < 1.29 is 31.1 Å². The number of unbranched alkanes of at least 4 members (excludes halogenated alkanes) is 11. The average molecular weight is 457 g/mol. The molecule has 1 aromatic heterocycles. The van der Waals surface area contributed by atoms with E-state index in [0.717, 1.165) is 12.8 Å². The molecule has 162 valence electrons. The monoisotopic (exact) mass is 456 g/mol. The molecule has 0 spiro atoms. The first kappa shape index (κ1) is 26.9. The van der Waals surface area contributed by atoms with Crippen LogP contribution in [-0.4, -0.2) is 10.5 Å². The zero-order chi connectivity index (χ0) is 19.6. The third-order valence-corrected chi connectivity index (χ3v) is 4.84. The van der Waals surface area contributed by atoms with Crippen LogP contribution in [0.1, 0.15) is 96.8 Å². The Hall–Kier alpha value is -1.10. The standard InChI is InChI=1S/C23H41N2O2.BrH/c1-3-4-5-6-7-8-9-10-11-12-13-14-15-16-17-18-23(26)27-22-25-20-19-24(2)21-25;/h10-11,19-21H,3-9,12-18,22H2,1-2H3;1H/q+1;/p-1. The van der Waals surface area contributed by atoms with Crippen molar-refractivity contribution in [1.82, 2.24) is 4.57 Å². The van der Waals surface area contributed by atoms with Crippen LogP contribution in [0, 0.1) is 0 Å². The molecule has 1 aromatic rings. The molecular formula is C23H41BrN2O2. The van der Waals surface area contributed by atoms with Gasteiger partial charge in [0.15, 0.2) is 0 Å². The molecule has 0 saturated carbocycles. The molecule has 0 amide bonds. The van der Waals surface area contributed by atoms with E-state index in [-0.39, 0.29) is 23.0 Å². The van der Waals surface area contributed by atoms with Crippen LogP contribution in [0.25, 0.3) is 0 Å². The van der Waals surface area contributed by atoms with Crippen molar-refractivity contribution >= 4 is 5.97 Å². The molecule has 0 unspecified atom stereocenters. The van der Waals surface area contributed by atoms with Gasteiger partial charge in [-0.05, 0) is 32.1 Å². The summed E-state index contributed by atoms with van der Waals surface area (Å²) in [6, 6.07) is 0. The van der Waals surface area contributed by atoms with Crippen molar-refractivity contribution in [2.75, 3.05) is 0 Å². The van der Waals surface area contributed by atoms with Gasteiger partial charge in [-0.1, -0.05) is 70.4 Å². The topological polar surface area (TPSA) is 35.1 Å². The lowest BCUT2D eigenvalue weighted by Crippen LogP contribution is -3.00. The number of aromatic nitrogens is 2. The Balaban J connectivity index is 0.00000729. The molecule has 0 aliphatic carbocycles. The molecule has 28 heavy (non-hydrogen) atoms. The third-order valence-electron chi connectivity index (χ3n) is 4.84. The van der Waals surface area contributed by atoms with Gasteiger partial charge in [0.05, 0.1) is 7.05 Å². The van der Waals surface area contributed by atoms with E-state index in [1.54, 1.807) is 0 Å². The second-order valence-corrected chi connectivity index (χ2v) is 7.57. The van der Waals surface area contributed by atoms with Gasteiger partial charge in [0.2, 0.25) is 13.1 Å². The Morgan fingerprint density at radius 2 is 1.50 bits per heavy atom. The van der Waals surface area contributed by atoms with Gasteiger partial charge in [-0.2, -0.15) is 0 Å². The summed E-state index contributed by atoms with van der Waals surface area (Å²) in [6.07, 6.45) is 27.5. The van der Waals surface area contributed by atoms with Crippen molar-refractivity contribution in [3.63, 3.8) is 0 Å². The predicted octanol–water partition coefficient (Wildman–Crippen LogP) is 2.85. The van der Waals surface area contributed by atoms with Crippen LogP contribution in [0.3, 0.4) is 0 Å². The lowest BCUT2D eigenvalue weighted by atomic mass is 10.1. The molecule has 0 fully saturated rings. The average Bonchev–Trinajstić information content (AvgIpc) is 3.08. The number of ether oxygens (including phenoxy) is 1. The molecule has 0 bridgehead atoms. The highest BCUT2D eigenvalue weighted by Gasteiger charge is 2.05. The van der Waals surface area contributed by atoms with Gasteiger partial charge in [0.25, 0.3) is 0 Å². The van der Waals surface area contributed by atoms with E-state index in [0.29, 0.717) is 13.2 Å². The summed E-state index contributed by atoms with van der Waals surface area (Å²) in [5.74, 6) is -0.0935. The number of aryl methyl sites for hydroxylation is 1. The van der Waals surface area contributed by atoms with Crippen molar-refractivity contribution in [3.05, 3.63) is 30.9 Å². The highest BCUT2D eigenvalue weighted by Crippen LogP contribution is 2.10. The molecule has 1 rings (SSSR count). The van der Waals surface area contributed by atoms with Gasteiger partial charge in [-0.3, -0.25) is 4.79 Å². The molecule has 0 aliphatic heterocycles. The lowest BCUT2D eigenvalue weighted by molar-refractivity contribution is -0.671. The summed E-state index contributed by atoms with van der Waals surface area (Å²) in [7, 11) is 1.95. The van der Waals surface area contributed by atoms with Crippen LogP contribution in [0.2, 0.25) is 0 Å². The molecule has 5 heteroatoms. The van der Waals surface area contributed by atoms with Crippen LogP contribution < -0.4 is 21.5 Å². The fourth-order valence-electron chi connectivity index (χ4n) is 3.14. The van der Waals surface area contributed by atoms with Gasteiger partial charge in [0.1, 0.15) is 12.4 Å². The van der Waals surface area contributed by atoms with E-state index in [1.807, 2.05) is 34.9 Å². The Morgan fingerprint density at radius 1 is 0.929 bits per heavy atom. The zero-order valence-electron chi connectivity index (χ0n) is 18.1. The summed E-state index contributed by atoms with van der Waals surface area (Å²) < 4.78 is 9.05. The minimum absolute atomic E-state index is 0. The number of hydrogen-bond acceptors (Lipinski definition) is 2. The maximum Gasteiger partial charge on any atom is 0.308 e. The molecule has 0 aromatic carbocycles. The number of allylic oxidation sites excluding steroid dienone is 2. The van der Waals surface area contributed by atoms with Crippen LogP contribution in [0.5, 0.6) is 0 Å². The number of imidazole rings is 1. The van der Waals surface area contributed by atoms with Gasteiger partial charge in [-0.15, -0.1) is 0 Å². The summed E-state index contributed by atoms with van der Waals surface area (Å²) >= 11 is 0. The summed E-state index contributed by atoms with van der Waals surface area (Å²) in [5.41, 5.74) is 0. The molecule has 0 atom stereocenters. The number of nitrogens with zero attached hydrogens (tertiary/aromatic N) is 2. The molecule has 0 aliphatic rings. The smallest absolute Gasteiger partial charge is 0.308 e. The number of halogens is 1. The SMILES string of the molecule is CCCCCCCCC=CCCCCCCCC(=O)OCn1cc[n+](C)c1.[Br-]. The Labute approximate surface area is 183 Å². The number of rotatable bonds is 17.